The first-order chi connectivity index (χ1) is 11.4. The van der Waals surface area contributed by atoms with Crippen molar-refractivity contribution in [1.29, 1.82) is 0 Å². The van der Waals surface area contributed by atoms with E-state index in [0.717, 1.165) is 18.6 Å². The fourth-order valence-corrected chi connectivity index (χ4v) is 3.18. The van der Waals surface area contributed by atoms with Crippen molar-refractivity contribution in [2.45, 2.75) is 45.1 Å². The summed E-state index contributed by atoms with van der Waals surface area (Å²) in [5.41, 5.74) is 0.0762. The minimum absolute atomic E-state index is 0.242. The molecule has 1 aromatic rings. The van der Waals surface area contributed by atoms with Crippen molar-refractivity contribution in [2.24, 2.45) is 5.92 Å². The highest BCUT2D eigenvalue weighted by Gasteiger charge is 2.52. The van der Waals surface area contributed by atoms with Gasteiger partial charge in [0.05, 0.1) is 24.4 Å². The van der Waals surface area contributed by atoms with E-state index in [2.05, 4.69) is 14.9 Å². The Kier molecular flexibility index (Phi) is 3.93. The van der Waals surface area contributed by atoms with Gasteiger partial charge in [-0.3, -0.25) is 0 Å². The molecule has 130 valence electrons. The molecule has 1 aromatic heterocycles. The first kappa shape index (κ1) is 16.4. The van der Waals surface area contributed by atoms with Crippen LogP contribution in [0.3, 0.4) is 0 Å². The number of nitrogens with zero attached hydrogens (tertiary/aromatic N) is 3. The lowest BCUT2D eigenvalue weighted by Crippen LogP contribution is -2.49. The number of hydrogen-bond acceptors (Lipinski definition) is 7. The molecule has 3 unspecified atom stereocenters. The minimum atomic E-state index is -0.445. The summed E-state index contributed by atoms with van der Waals surface area (Å²) in [6.07, 6.45) is 3.30. The molecule has 0 aromatic carbocycles. The maximum atomic E-state index is 6.04. The summed E-state index contributed by atoms with van der Waals surface area (Å²) >= 11 is 0. The van der Waals surface area contributed by atoms with Gasteiger partial charge >= 0.3 is 7.12 Å². The highest BCUT2D eigenvalue weighted by atomic mass is 16.7. The summed E-state index contributed by atoms with van der Waals surface area (Å²) in [5, 5.41) is 0. The maximum Gasteiger partial charge on any atom is 0.498 e. The van der Waals surface area contributed by atoms with Crippen molar-refractivity contribution in [3.8, 4) is 0 Å². The van der Waals surface area contributed by atoms with E-state index < -0.39 is 7.12 Å². The van der Waals surface area contributed by atoms with Crippen LogP contribution in [0.1, 0.15) is 39.7 Å². The summed E-state index contributed by atoms with van der Waals surface area (Å²) in [7, 11) is -0.445. The summed E-state index contributed by atoms with van der Waals surface area (Å²) in [4.78, 5) is 11.1. The van der Waals surface area contributed by atoms with Gasteiger partial charge in [0.15, 0.2) is 12.1 Å². The Morgan fingerprint density at radius 1 is 1.08 bits per heavy atom. The van der Waals surface area contributed by atoms with Gasteiger partial charge in [-0.25, -0.2) is 14.9 Å². The van der Waals surface area contributed by atoms with E-state index in [1.165, 1.54) is 0 Å². The lowest BCUT2D eigenvalue weighted by atomic mass is 9.81. The van der Waals surface area contributed by atoms with E-state index in [-0.39, 0.29) is 17.4 Å². The summed E-state index contributed by atoms with van der Waals surface area (Å²) in [5.74, 6) is 1.10. The van der Waals surface area contributed by atoms with E-state index in [1.54, 1.807) is 12.4 Å². The van der Waals surface area contributed by atoms with Crippen LogP contribution in [0.5, 0.6) is 0 Å². The van der Waals surface area contributed by atoms with Crippen LogP contribution >= 0.6 is 0 Å². The molecule has 4 heterocycles. The van der Waals surface area contributed by atoms with Crippen molar-refractivity contribution >= 4 is 12.6 Å². The molecule has 4 rings (SSSR count). The Morgan fingerprint density at radius 2 is 1.75 bits per heavy atom. The Morgan fingerprint density at radius 3 is 2.42 bits per heavy atom. The highest BCUT2D eigenvalue weighted by Crippen LogP contribution is 2.36. The van der Waals surface area contributed by atoms with Crippen LogP contribution in [0.15, 0.2) is 12.4 Å². The molecule has 7 nitrogen and oxygen atoms in total. The molecular weight excluding hydrogens is 309 g/mol. The van der Waals surface area contributed by atoms with Gasteiger partial charge in [0.25, 0.3) is 0 Å². The maximum absolute atomic E-state index is 6.04. The van der Waals surface area contributed by atoms with Crippen LogP contribution in [-0.2, 0) is 18.8 Å². The lowest BCUT2D eigenvalue weighted by molar-refractivity contribution is -0.206. The topological polar surface area (TPSA) is 65.9 Å². The molecule has 3 fully saturated rings. The smallest absolute Gasteiger partial charge is 0.399 e. The van der Waals surface area contributed by atoms with Gasteiger partial charge < -0.3 is 18.8 Å². The van der Waals surface area contributed by atoms with E-state index in [4.69, 9.17) is 18.8 Å². The zero-order valence-electron chi connectivity index (χ0n) is 14.7. The predicted octanol–water partition coefficient (Wildman–Crippen LogP) is 0.710. The normalized spacial score (nSPS) is 34.3. The Bertz CT molecular complexity index is 594. The Hall–Kier alpha value is -1.06. The van der Waals surface area contributed by atoms with E-state index in [9.17, 15) is 0 Å². The van der Waals surface area contributed by atoms with Crippen molar-refractivity contribution in [3.05, 3.63) is 18.2 Å². The average Bonchev–Trinajstić information content (AvgIpc) is 2.76. The Labute approximate surface area is 142 Å². The van der Waals surface area contributed by atoms with Gasteiger partial charge in [0, 0.05) is 30.3 Å². The van der Waals surface area contributed by atoms with Crippen LogP contribution in [0.2, 0.25) is 0 Å². The van der Waals surface area contributed by atoms with Crippen molar-refractivity contribution in [1.82, 2.24) is 14.9 Å². The van der Waals surface area contributed by atoms with Gasteiger partial charge in [0.1, 0.15) is 6.73 Å². The molecule has 0 spiro atoms. The second kappa shape index (κ2) is 5.74. The number of ether oxygens (including phenoxy) is 2. The van der Waals surface area contributed by atoms with E-state index in [0.29, 0.717) is 25.1 Å². The summed E-state index contributed by atoms with van der Waals surface area (Å²) < 4.78 is 23.6. The molecule has 0 radical (unpaired) electrons. The van der Waals surface area contributed by atoms with Gasteiger partial charge in [-0.15, -0.1) is 0 Å². The molecule has 3 saturated heterocycles. The van der Waals surface area contributed by atoms with E-state index in [1.807, 2.05) is 27.7 Å². The predicted molar refractivity (Wildman–Crippen MR) is 87.5 cm³/mol. The number of aromatic nitrogens is 2. The van der Waals surface area contributed by atoms with Gasteiger partial charge in [-0.05, 0) is 27.7 Å². The van der Waals surface area contributed by atoms with Crippen LogP contribution < -0.4 is 5.46 Å². The zero-order valence-corrected chi connectivity index (χ0v) is 14.7. The zero-order chi connectivity index (χ0) is 16.9. The molecule has 3 aliphatic heterocycles. The van der Waals surface area contributed by atoms with Crippen LogP contribution in [0.4, 0.5) is 0 Å². The number of hydrogen-bond donors (Lipinski definition) is 0. The standard InChI is InChI=1S/C16H24BN3O4/c1-15(2)16(3,4)24-17(23-15)12-5-18-13(19-6-12)14-20-7-11(9-22-14)8-21-10-20/h5-6,11,14H,7-10H2,1-4H3. The molecule has 3 atom stereocenters. The van der Waals surface area contributed by atoms with Crippen molar-refractivity contribution in [2.75, 3.05) is 26.5 Å². The van der Waals surface area contributed by atoms with E-state index >= 15 is 0 Å². The van der Waals surface area contributed by atoms with Gasteiger partial charge in [-0.1, -0.05) is 0 Å². The fraction of sp³-hybridized carbons (Fsp3) is 0.750. The molecule has 0 saturated carbocycles. The molecule has 8 heteroatoms. The third kappa shape index (κ3) is 2.76. The second-order valence-electron chi connectivity index (χ2n) is 7.79. The average molecular weight is 333 g/mol. The lowest BCUT2D eigenvalue weighted by Gasteiger charge is -2.41. The minimum Gasteiger partial charge on any atom is -0.399 e. The Balaban J connectivity index is 1.49. The molecule has 24 heavy (non-hydrogen) atoms. The van der Waals surface area contributed by atoms with Crippen LogP contribution in [-0.4, -0.2) is 59.7 Å². The molecular formula is C16H24BN3O4. The monoisotopic (exact) mass is 333 g/mol. The molecule has 2 bridgehead atoms. The van der Waals surface area contributed by atoms with Crippen LogP contribution in [0.25, 0.3) is 0 Å². The first-order valence-corrected chi connectivity index (χ1v) is 8.47. The third-order valence-electron chi connectivity index (χ3n) is 5.36. The second-order valence-corrected chi connectivity index (χ2v) is 7.79. The fourth-order valence-electron chi connectivity index (χ4n) is 3.18. The SMILES string of the molecule is CC1(C)OB(c2cnc(C3OCC4COCN3C4)nc2)OC1(C)C. The first-order valence-electron chi connectivity index (χ1n) is 8.47. The summed E-state index contributed by atoms with van der Waals surface area (Å²) in [6, 6.07) is 0. The molecule has 3 aliphatic rings. The number of fused-ring (bicyclic) bond motifs is 2. The van der Waals surface area contributed by atoms with Gasteiger partial charge in [0.2, 0.25) is 0 Å². The summed E-state index contributed by atoms with van der Waals surface area (Å²) in [6.45, 7) is 11.1. The quantitative estimate of drug-likeness (QED) is 0.739. The molecule has 0 amide bonds. The largest absolute Gasteiger partial charge is 0.498 e. The molecule has 0 aliphatic carbocycles. The van der Waals surface area contributed by atoms with Crippen LogP contribution in [0, 0.1) is 5.92 Å². The van der Waals surface area contributed by atoms with Crippen molar-refractivity contribution in [3.63, 3.8) is 0 Å². The number of rotatable bonds is 2. The van der Waals surface area contributed by atoms with Gasteiger partial charge in [-0.2, -0.15) is 0 Å². The van der Waals surface area contributed by atoms with Crippen molar-refractivity contribution < 1.29 is 18.8 Å². The third-order valence-corrected chi connectivity index (χ3v) is 5.36. The molecule has 0 N–H and O–H groups in total. The highest BCUT2D eigenvalue weighted by molar-refractivity contribution is 6.61.